The largest absolute Gasteiger partial charge is 0.493 e. The molecule has 0 aliphatic carbocycles. The summed E-state index contributed by atoms with van der Waals surface area (Å²) >= 11 is 0. The molecule has 1 aromatic carbocycles. The van der Waals surface area contributed by atoms with Gasteiger partial charge in [0.05, 0.1) is 6.61 Å². The van der Waals surface area contributed by atoms with E-state index in [4.69, 9.17) is 15.9 Å². The molecule has 0 amide bonds. The van der Waals surface area contributed by atoms with Crippen molar-refractivity contribution in [1.82, 2.24) is 0 Å². The molecule has 0 spiro atoms. The lowest BCUT2D eigenvalue weighted by Crippen LogP contribution is -2.13. The van der Waals surface area contributed by atoms with E-state index in [1.807, 2.05) is 37.3 Å². The number of benzene rings is 1. The van der Waals surface area contributed by atoms with E-state index in [-0.39, 0.29) is 0 Å². The van der Waals surface area contributed by atoms with Crippen LogP contribution < -0.4 is 4.74 Å². The van der Waals surface area contributed by atoms with Gasteiger partial charge in [0.25, 0.3) is 0 Å². The summed E-state index contributed by atoms with van der Waals surface area (Å²) in [4.78, 5) is 0. The monoisotopic (exact) mass is 190 g/mol. The zero-order valence-corrected chi connectivity index (χ0v) is 8.27. The summed E-state index contributed by atoms with van der Waals surface area (Å²) in [7, 11) is 0. The number of ether oxygens (including phenoxy) is 2. The first-order valence-corrected chi connectivity index (χ1v) is 4.58. The van der Waals surface area contributed by atoms with Gasteiger partial charge in [-0.3, -0.25) is 0 Å². The lowest BCUT2D eigenvalue weighted by Gasteiger charge is -2.11. The first kappa shape index (κ1) is 10.5. The Morgan fingerprint density at radius 3 is 2.64 bits per heavy atom. The summed E-state index contributed by atoms with van der Waals surface area (Å²) in [6, 6.07) is 9.69. The lowest BCUT2D eigenvalue weighted by molar-refractivity contribution is 0.169. The molecule has 0 aliphatic heterocycles. The number of terminal acetylenes is 1. The molecular formula is C12H14O2. The molecule has 0 bridgehead atoms. The molecule has 14 heavy (non-hydrogen) atoms. The Kier molecular flexibility index (Phi) is 4.43. The van der Waals surface area contributed by atoms with Crippen molar-refractivity contribution in [3.63, 3.8) is 0 Å². The van der Waals surface area contributed by atoms with Gasteiger partial charge in [-0.2, -0.15) is 0 Å². The summed E-state index contributed by atoms with van der Waals surface area (Å²) in [6.07, 6.45) is 7.11. The fourth-order valence-corrected chi connectivity index (χ4v) is 0.994. The quantitative estimate of drug-likeness (QED) is 0.663. The number of rotatable bonds is 5. The van der Waals surface area contributed by atoms with E-state index in [1.165, 1.54) is 0 Å². The first-order valence-electron chi connectivity index (χ1n) is 4.58. The third-order valence-corrected chi connectivity index (χ3v) is 1.73. The normalized spacial score (nSPS) is 11.4. The highest BCUT2D eigenvalue weighted by Crippen LogP contribution is 2.09. The maximum atomic E-state index is 5.52. The number of hydrogen-bond acceptors (Lipinski definition) is 2. The van der Waals surface area contributed by atoms with Crippen LogP contribution in [0.5, 0.6) is 5.75 Å². The van der Waals surface area contributed by atoms with Crippen molar-refractivity contribution >= 4 is 0 Å². The van der Waals surface area contributed by atoms with Crippen LogP contribution in [0.1, 0.15) is 6.92 Å². The maximum absolute atomic E-state index is 5.52. The molecule has 0 N–H and O–H groups in total. The standard InChI is InChI=1S/C12H14O2/c1-3-13-9-11(2)10-14-12-7-5-4-6-8-12/h1,4-8,11H,9-10H2,2H3. The van der Waals surface area contributed by atoms with Gasteiger partial charge in [0.1, 0.15) is 18.5 Å². The summed E-state index contributed by atoms with van der Waals surface area (Å²) in [5.74, 6) is 1.17. The van der Waals surface area contributed by atoms with E-state index < -0.39 is 0 Å². The van der Waals surface area contributed by atoms with Gasteiger partial charge in [0, 0.05) is 5.92 Å². The highest BCUT2D eigenvalue weighted by molar-refractivity contribution is 5.20. The molecule has 2 nitrogen and oxygen atoms in total. The molecule has 1 aromatic rings. The zero-order valence-electron chi connectivity index (χ0n) is 8.27. The van der Waals surface area contributed by atoms with Crippen molar-refractivity contribution in [3.05, 3.63) is 30.3 Å². The van der Waals surface area contributed by atoms with Crippen LogP contribution in [0.15, 0.2) is 30.3 Å². The highest BCUT2D eigenvalue weighted by atomic mass is 16.5. The Morgan fingerprint density at radius 1 is 1.29 bits per heavy atom. The summed E-state index contributed by atoms with van der Waals surface area (Å²) < 4.78 is 10.3. The van der Waals surface area contributed by atoms with Gasteiger partial charge in [-0.25, -0.2) is 0 Å². The van der Waals surface area contributed by atoms with Crippen LogP contribution in [0.4, 0.5) is 0 Å². The molecule has 0 aliphatic rings. The number of para-hydroxylation sites is 1. The molecule has 1 atom stereocenters. The van der Waals surface area contributed by atoms with Crippen molar-refractivity contribution < 1.29 is 9.47 Å². The van der Waals surface area contributed by atoms with Crippen LogP contribution in [-0.2, 0) is 4.74 Å². The van der Waals surface area contributed by atoms with Crippen molar-refractivity contribution in [2.24, 2.45) is 5.92 Å². The fraction of sp³-hybridized carbons (Fsp3) is 0.333. The van der Waals surface area contributed by atoms with Crippen LogP contribution in [-0.4, -0.2) is 13.2 Å². The molecule has 0 fully saturated rings. The van der Waals surface area contributed by atoms with Gasteiger partial charge in [0.15, 0.2) is 0 Å². The Balaban J connectivity index is 2.24. The third kappa shape index (κ3) is 3.86. The van der Waals surface area contributed by atoms with E-state index in [2.05, 4.69) is 6.11 Å². The second-order valence-corrected chi connectivity index (χ2v) is 3.16. The van der Waals surface area contributed by atoms with Crippen LogP contribution in [0.3, 0.4) is 0 Å². The van der Waals surface area contributed by atoms with Crippen molar-refractivity contribution in [3.8, 4) is 18.3 Å². The van der Waals surface area contributed by atoms with Gasteiger partial charge >= 0.3 is 0 Å². The van der Waals surface area contributed by atoms with Crippen molar-refractivity contribution in [2.75, 3.05) is 13.2 Å². The smallest absolute Gasteiger partial charge is 0.119 e. The Bertz CT molecular complexity index is 287. The van der Waals surface area contributed by atoms with E-state index in [0.717, 1.165) is 5.75 Å². The predicted octanol–water partition coefficient (Wildman–Crippen LogP) is 2.31. The topological polar surface area (TPSA) is 18.5 Å². The van der Waals surface area contributed by atoms with Gasteiger partial charge in [-0.05, 0) is 12.1 Å². The van der Waals surface area contributed by atoms with Crippen LogP contribution in [0.2, 0.25) is 0 Å². The average molecular weight is 190 g/mol. The molecule has 0 saturated carbocycles. The van der Waals surface area contributed by atoms with Crippen LogP contribution >= 0.6 is 0 Å². The van der Waals surface area contributed by atoms with Crippen LogP contribution in [0.25, 0.3) is 0 Å². The van der Waals surface area contributed by atoms with Crippen LogP contribution in [0, 0.1) is 18.4 Å². The zero-order chi connectivity index (χ0) is 10.2. The van der Waals surface area contributed by atoms with Gasteiger partial charge in [-0.15, -0.1) is 0 Å². The van der Waals surface area contributed by atoms with E-state index >= 15 is 0 Å². The molecule has 0 radical (unpaired) electrons. The fourth-order valence-electron chi connectivity index (χ4n) is 0.994. The first-order chi connectivity index (χ1) is 6.83. The SMILES string of the molecule is C#COCC(C)COc1ccccc1. The predicted molar refractivity (Wildman–Crippen MR) is 55.9 cm³/mol. The summed E-state index contributed by atoms with van der Waals surface area (Å²) in [6.45, 7) is 3.18. The maximum Gasteiger partial charge on any atom is 0.119 e. The minimum atomic E-state index is 0.297. The van der Waals surface area contributed by atoms with Crippen molar-refractivity contribution in [2.45, 2.75) is 6.92 Å². The highest BCUT2D eigenvalue weighted by Gasteiger charge is 2.02. The van der Waals surface area contributed by atoms with E-state index in [9.17, 15) is 0 Å². The molecule has 0 heterocycles. The Hall–Kier alpha value is -1.62. The third-order valence-electron chi connectivity index (χ3n) is 1.73. The van der Waals surface area contributed by atoms with Crippen molar-refractivity contribution in [1.29, 1.82) is 0 Å². The summed E-state index contributed by atoms with van der Waals surface area (Å²) in [5.41, 5.74) is 0. The Labute approximate surface area is 84.8 Å². The lowest BCUT2D eigenvalue weighted by atomic mass is 10.2. The second-order valence-electron chi connectivity index (χ2n) is 3.16. The molecule has 0 aromatic heterocycles. The molecule has 2 heteroatoms. The van der Waals surface area contributed by atoms with Gasteiger partial charge < -0.3 is 9.47 Å². The van der Waals surface area contributed by atoms with Gasteiger partial charge in [-0.1, -0.05) is 31.5 Å². The molecule has 1 rings (SSSR count). The van der Waals surface area contributed by atoms with Gasteiger partial charge in [0.2, 0.25) is 0 Å². The number of hydrogen-bond donors (Lipinski definition) is 0. The van der Waals surface area contributed by atoms with E-state index in [1.54, 1.807) is 0 Å². The Morgan fingerprint density at radius 2 is 2.00 bits per heavy atom. The van der Waals surface area contributed by atoms with E-state index in [0.29, 0.717) is 19.1 Å². The molecular weight excluding hydrogens is 176 g/mol. The minimum Gasteiger partial charge on any atom is -0.493 e. The minimum absolute atomic E-state index is 0.297. The molecule has 74 valence electrons. The molecule has 0 saturated heterocycles. The second kappa shape index (κ2) is 5.93. The summed E-state index contributed by atoms with van der Waals surface area (Å²) in [5, 5.41) is 0. The molecule has 1 unspecified atom stereocenters. The average Bonchev–Trinajstić information content (AvgIpc) is 2.25.